The molecule has 0 aliphatic rings. The Bertz CT molecular complexity index is 895. The zero-order valence-electron chi connectivity index (χ0n) is 36.8. The number of carbonyl (C=O) groups is 2. The average molecular weight is 813 g/mol. The maximum Gasteiger partial charge on any atom is 0.305 e. The van der Waals surface area contributed by atoms with Gasteiger partial charge in [-0.2, -0.15) is 0 Å². The van der Waals surface area contributed by atoms with Crippen LogP contribution in [0.2, 0.25) is 0 Å². The van der Waals surface area contributed by atoms with E-state index >= 15 is 0 Å². The van der Waals surface area contributed by atoms with Gasteiger partial charge in [-0.15, -0.1) is 0 Å². The molecule has 10 heteroatoms. The number of unbranched alkanes of at least 4 members (excludes halogenated alkanes) is 16. The first kappa shape index (κ1) is 55.2. The van der Waals surface area contributed by atoms with Gasteiger partial charge >= 0.3 is 11.9 Å². The molecule has 336 valence electrons. The molecule has 0 aromatic carbocycles. The van der Waals surface area contributed by atoms with Gasteiger partial charge in [0.1, 0.15) is 13.2 Å². The van der Waals surface area contributed by atoms with Crippen LogP contribution in [0.25, 0.3) is 0 Å². The molecule has 0 rings (SSSR count). The lowest BCUT2D eigenvalue weighted by Crippen LogP contribution is -2.15. The highest BCUT2D eigenvalue weighted by Gasteiger charge is 2.05. The van der Waals surface area contributed by atoms with E-state index < -0.39 is 0 Å². The Kier molecular flexibility index (Phi) is 45.4. The summed E-state index contributed by atoms with van der Waals surface area (Å²) in [6.07, 6.45) is 36.3. The largest absolute Gasteiger partial charge is 0.463 e. The van der Waals surface area contributed by atoms with Crippen molar-refractivity contribution in [2.75, 3.05) is 66.1 Å². The van der Waals surface area contributed by atoms with E-state index in [4.69, 9.17) is 28.4 Å². The summed E-state index contributed by atoms with van der Waals surface area (Å²) in [5.74, 6) is -0.334. The molecule has 0 aliphatic carbocycles. The zero-order chi connectivity index (χ0) is 41.5. The SMILES string of the molecule is CCCCCCC(O)C/C=C\CCCCCCCC(=O)OCCOCCOCCOCCOCCOC(=O)CCCCCCC/C=C\CCC(O)CCCCCC. The van der Waals surface area contributed by atoms with E-state index in [1.165, 1.54) is 51.4 Å². The summed E-state index contributed by atoms with van der Waals surface area (Å²) in [5.41, 5.74) is 0. The molecular weight excluding hydrogens is 725 g/mol. The summed E-state index contributed by atoms with van der Waals surface area (Å²) < 4.78 is 32.4. The molecular formula is C47H88O10. The molecule has 0 aromatic heterocycles. The summed E-state index contributed by atoms with van der Waals surface area (Å²) in [7, 11) is 0. The van der Waals surface area contributed by atoms with Gasteiger partial charge in [-0.25, -0.2) is 0 Å². The molecule has 0 saturated carbocycles. The molecule has 0 bridgehead atoms. The monoisotopic (exact) mass is 813 g/mol. The van der Waals surface area contributed by atoms with E-state index in [-0.39, 0.29) is 37.4 Å². The predicted molar refractivity (Wildman–Crippen MR) is 231 cm³/mol. The third-order valence-corrected chi connectivity index (χ3v) is 9.79. The van der Waals surface area contributed by atoms with Gasteiger partial charge in [0.2, 0.25) is 0 Å². The lowest BCUT2D eigenvalue weighted by atomic mass is 10.0. The van der Waals surface area contributed by atoms with Gasteiger partial charge in [-0.05, 0) is 70.6 Å². The Morgan fingerprint density at radius 2 is 0.772 bits per heavy atom. The molecule has 2 N–H and O–H groups in total. The first-order valence-electron chi connectivity index (χ1n) is 23.3. The van der Waals surface area contributed by atoms with Crippen molar-refractivity contribution in [3.8, 4) is 0 Å². The highest BCUT2D eigenvalue weighted by Crippen LogP contribution is 2.13. The molecule has 10 nitrogen and oxygen atoms in total. The average Bonchev–Trinajstić information content (AvgIpc) is 3.20. The van der Waals surface area contributed by atoms with Gasteiger partial charge < -0.3 is 38.6 Å². The molecule has 0 spiro atoms. The first-order chi connectivity index (χ1) is 28.0. The van der Waals surface area contributed by atoms with Crippen LogP contribution in [0.1, 0.15) is 187 Å². The van der Waals surface area contributed by atoms with Crippen molar-refractivity contribution < 1.29 is 48.2 Å². The van der Waals surface area contributed by atoms with Crippen LogP contribution in [0, 0.1) is 0 Å². The predicted octanol–water partition coefficient (Wildman–Crippen LogP) is 10.5. The minimum absolute atomic E-state index is 0.155. The first-order valence-corrected chi connectivity index (χ1v) is 23.3. The number of aliphatic hydroxyl groups is 2. The number of carbonyl (C=O) groups excluding carboxylic acids is 2. The van der Waals surface area contributed by atoms with Crippen LogP contribution in [0.3, 0.4) is 0 Å². The molecule has 2 unspecified atom stereocenters. The van der Waals surface area contributed by atoms with Crippen molar-refractivity contribution in [3.05, 3.63) is 24.3 Å². The van der Waals surface area contributed by atoms with Gasteiger partial charge in [0.25, 0.3) is 0 Å². The number of hydrogen-bond donors (Lipinski definition) is 2. The van der Waals surface area contributed by atoms with E-state index in [0.717, 1.165) is 109 Å². The number of aliphatic hydroxyl groups excluding tert-OH is 2. The molecule has 0 aromatic rings. The number of hydrogen-bond acceptors (Lipinski definition) is 10. The van der Waals surface area contributed by atoms with E-state index in [1.54, 1.807) is 0 Å². The maximum absolute atomic E-state index is 11.9. The Morgan fingerprint density at radius 3 is 1.25 bits per heavy atom. The molecule has 0 saturated heterocycles. The van der Waals surface area contributed by atoms with E-state index in [0.29, 0.717) is 65.7 Å². The van der Waals surface area contributed by atoms with Crippen molar-refractivity contribution in [3.63, 3.8) is 0 Å². The number of ether oxygens (including phenoxy) is 6. The summed E-state index contributed by atoms with van der Waals surface area (Å²) in [4.78, 5) is 23.8. The maximum atomic E-state index is 11.9. The summed E-state index contributed by atoms with van der Waals surface area (Å²) in [5, 5.41) is 20.0. The van der Waals surface area contributed by atoms with Crippen LogP contribution >= 0.6 is 0 Å². The second-order valence-electron chi connectivity index (χ2n) is 15.3. The fraction of sp³-hybridized carbons (Fsp3) is 0.872. The van der Waals surface area contributed by atoms with Crippen molar-refractivity contribution >= 4 is 11.9 Å². The third-order valence-electron chi connectivity index (χ3n) is 9.79. The molecule has 0 radical (unpaired) electrons. The third kappa shape index (κ3) is 46.7. The van der Waals surface area contributed by atoms with Crippen LogP contribution in [-0.2, 0) is 38.0 Å². The number of allylic oxidation sites excluding steroid dienone is 3. The fourth-order valence-electron chi connectivity index (χ4n) is 6.23. The van der Waals surface area contributed by atoms with Gasteiger partial charge in [-0.1, -0.05) is 128 Å². The summed E-state index contributed by atoms with van der Waals surface area (Å²) in [6, 6.07) is 0. The normalized spacial score (nSPS) is 12.8. The lowest BCUT2D eigenvalue weighted by Gasteiger charge is -2.08. The van der Waals surface area contributed by atoms with Gasteiger partial charge in [0.05, 0.1) is 65.1 Å². The van der Waals surface area contributed by atoms with Gasteiger partial charge in [0, 0.05) is 12.8 Å². The Hall–Kier alpha value is -1.82. The van der Waals surface area contributed by atoms with Crippen molar-refractivity contribution in [1.29, 1.82) is 0 Å². The quantitative estimate of drug-likeness (QED) is 0.0348. The highest BCUT2D eigenvalue weighted by atomic mass is 16.6. The second-order valence-corrected chi connectivity index (χ2v) is 15.3. The molecule has 57 heavy (non-hydrogen) atoms. The topological polar surface area (TPSA) is 130 Å². The lowest BCUT2D eigenvalue weighted by molar-refractivity contribution is -0.146. The number of esters is 2. The van der Waals surface area contributed by atoms with Gasteiger partial charge in [0.15, 0.2) is 0 Å². The fourth-order valence-corrected chi connectivity index (χ4v) is 6.23. The van der Waals surface area contributed by atoms with Crippen molar-refractivity contribution in [2.24, 2.45) is 0 Å². The Labute approximate surface area is 349 Å². The Balaban J connectivity index is 3.31. The van der Waals surface area contributed by atoms with Crippen LogP contribution in [-0.4, -0.2) is 100 Å². The summed E-state index contributed by atoms with van der Waals surface area (Å²) in [6.45, 7) is 8.30. The van der Waals surface area contributed by atoms with Crippen LogP contribution in [0.4, 0.5) is 0 Å². The molecule has 0 fully saturated rings. The van der Waals surface area contributed by atoms with E-state index in [9.17, 15) is 19.8 Å². The second kappa shape index (κ2) is 46.9. The number of rotatable bonds is 46. The summed E-state index contributed by atoms with van der Waals surface area (Å²) >= 11 is 0. The van der Waals surface area contributed by atoms with E-state index in [1.807, 2.05) is 0 Å². The minimum atomic E-state index is -0.199. The Morgan fingerprint density at radius 1 is 0.404 bits per heavy atom. The zero-order valence-corrected chi connectivity index (χ0v) is 36.8. The standard InChI is InChI=1S/C47H88O10/c1-3-5-7-22-28-44(48)30-24-18-14-10-9-11-16-20-26-32-46(50)56-42-40-54-38-36-52-34-35-53-37-39-55-41-43-57-47(51)33-27-21-17-13-12-15-19-25-31-45(49)29-23-8-6-4-2/h14,18-19,25,44-45,48-49H,3-13,15-17,20-24,26-43H2,1-2H3/b18-14-,25-19-. The molecule has 2 atom stereocenters. The minimum Gasteiger partial charge on any atom is -0.463 e. The van der Waals surface area contributed by atoms with Crippen LogP contribution in [0.15, 0.2) is 24.3 Å². The highest BCUT2D eigenvalue weighted by molar-refractivity contribution is 5.69. The molecule has 0 amide bonds. The van der Waals surface area contributed by atoms with Crippen molar-refractivity contribution in [1.82, 2.24) is 0 Å². The smallest absolute Gasteiger partial charge is 0.305 e. The van der Waals surface area contributed by atoms with Crippen molar-refractivity contribution in [2.45, 2.75) is 199 Å². The van der Waals surface area contributed by atoms with Crippen LogP contribution < -0.4 is 0 Å². The van der Waals surface area contributed by atoms with Crippen LogP contribution in [0.5, 0.6) is 0 Å². The van der Waals surface area contributed by atoms with E-state index in [2.05, 4.69) is 38.2 Å². The molecule has 0 aliphatic heterocycles. The molecule has 0 heterocycles. The van der Waals surface area contributed by atoms with Gasteiger partial charge in [-0.3, -0.25) is 9.59 Å².